The average Bonchev–Trinajstić information content (AvgIpc) is 2.55. The summed E-state index contributed by atoms with van der Waals surface area (Å²) in [7, 11) is 0. The van der Waals surface area contributed by atoms with Crippen LogP contribution >= 0.6 is 0 Å². The van der Waals surface area contributed by atoms with Gasteiger partial charge < -0.3 is 10.2 Å². The highest BCUT2D eigenvalue weighted by molar-refractivity contribution is 5.45. The van der Waals surface area contributed by atoms with Crippen molar-refractivity contribution in [2.24, 2.45) is 0 Å². The maximum Gasteiger partial charge on any atom is 0.225 e. The van der Waals surface area contributed by atoms with Crippen molar-refractivity contribution < 1.29 is 0 Å². The number of anilines is 2. The topological polar surface area (TPSA) is 44.3 Å². The summed E-state index contributed by atoms with van der Waals surface area (Å²) in [6, 6.07) is 13.1. The van der Waals surface area contributed by atoms with Crippen molar-refractivity contribution in [3.63, 3.8) is 0 Å². The Balaban J connectivity index is 1.61. The predicted octanol–water partition coefficient (Wildman–Crippen LogP) is 2.93. The van der Waals surface area contributed by atoms with Gasteiger partial charge in [-0.2, -0.15) is 4.98 Å². The molecule has 0 unspecified atom stereocenters. The maximum atomic E-state index is 4.69. The van der Waals surface area contributed by atoms with Gasteiger partial charge in [0.1, 0.15) is 5.82 Å². The minimum absolute atomic E-state index is 0.336. The van der Waals surface area contributed by atoms with Gasteiger partial charge in [0, 0.05) is 50.5 Å². The third-order valence-corrected chi connectivity index (χ3v) is 4.20. The number of aryl methyl sites for hydroxylation is 1. The molecule has 128 valence electrons. The zero-order chi connectivity index (χ0) is 16.9. The van der Waals surface area contributed by atoms with E-state index in [9.17, 15) is 0 Å². The molecule has 2 heterocycles. The standard InChI is InChI=1S/C19H27N5/c1-15(2)20-19-21-16(3)13-18(22-19)24-11-9-23(10-12-24)14-17-7-5-4-6-8-17/h4-8,13,15H,9-12,14H2,1-3H3,(H,20,21,22). The Morgan fingerprint density at radius 3 is 2.42 bits per heavy atom. The molecule has 0 spiro atoms. The van der Waals surface area contributed by atoms with Crippen LogP contribution in [-0.2, 0) is 6.54 Å². The molecular weight excluding hydrogens is 298 g/mol. The molecule has 1 fully saturated rings. The summed E-state index contributed by atoms with van der Waals surface area (Å²) in [4.78, 5) is 14.0. The van der Waals surface area contributed by atoms with Gasteiger partial charge in [-0.1, -0.05) is 30.3 Å². The molecule has 5 nitrogen and oxygen atoms in total. The summed E-state index contributed by atoms with van der Waals surface area (Å²) in [6.45, 7) is 11.4. The molecule has 0 aliphatic carbocycles. The lowest BCUT2D eigenvalue weighted by Gasteiger charge is -2.35. The molecule has 0 atom stereocenters. The summed E-state index contributed by atoms with van der Waals surface area (Å²) in [6.07, 6.45) is 0. The van der Waals surface area contributed by atoms with Gasteiger partial charge >= 0.3 is 0 Å². The fraction of sp³-hybridized carbons (Fsp3) is 0.474. The fourth-order valence-electron chi connectivity index (χ4n) is 3.01. The fourth-order valence-corrected chi connectivity index (χ4v) is 3.01. The third kappa shape index (κ3) is 4.45. The van der Waals surface area contributed by atoms with Crippen LogP contribution in [0, 0.1) is 6.92 Å². The second-order valence-corrected chi connectivity index (χ2v) is 6.74. The van der Waals surface area contributed by atoms with Crippen LogP contribution in [0.15, 0.2) is 36.4 Å². The van der Waals surface area contributed by atoms with Crippen molar-refractivity contribution in [2.45, 2.75) is 33.4 Å². The van der Waals surface area contributed by atoms with Gasteiger partial charge in [-0.15, -0.1) is 0 Å². The van der Waals surface area contributed by atoms with E-state index in [4.69, 9.17) is 4.98 Å². The number of nitrogens with one attached hydrogen (secondary N) is 1. The first-order valence-electron chi connectivity index (χ1n) is 8.73. The average molecular weight is 325 g/mol. The molecule has 5 heteroatoms. The number of rotatable bonds is 5. The Labute approximate surface area is 144 Å². The quantitative estimate of drug-likeness (QED) is 0.916. The normalized spacial score (nSPS) is 15.8. The first-order chi connectivity index (χ1) is 11.6. The van der Waals surface area contributed by atoms with E-state index in [1.807, 2.05) is 6.92 Å². The van der Waals surface area contributed by atoms with Gasteiger partial charge in [0.15, 0.2) is 0 Å². The lowest BCUT2D eigenvalue weighted by atomic mass is 10.2. The lowest BCUT2D eigenvalue weighted by Crippen LogP contribution is -2.46. The van der Waals surface area contributed by atoms with Crippen LogP contribution in [0.3, 0.4) is 0 Å². The summed E-state index contributed by atoms with van der Waals surface area (Å²) in [5.74, 6) is 1.76. The zero-order valence-electron chi connectivity index (χ0n) is 14.9. The van der Waals surface area contributed by atoms with Gasteiger partial charge in [-0.25, -0.2) is 4.98 Å². The molecule has 1 N–H and O–H groups in total. The lowest BCUT2D eigenvalue weighted by molar-refractivity contribution is 0.249. The second-order valence-electron chi connectivity index (χ2n) is 6.74. The largest absolute Gasteiger partial charge is 0.354 e. The molecule has 24 heavy (non-hydrogen) atoms. The van der Waals surface area contributed by atoms with Crippen molar-refractivity contribution in [1.82, 2.24) is 14.9 Å². The van der Waals surface area contributed by atoms with Crippen LogP contribution < -0.4 is 10.2 Å². The van der Waals surface area contributed by atoms with Crippen molar-refractivity contribution >= 4 is 11.8 Å². The molecular formula is C19H27N5. The molecule has 1 aromatic heterocycles. The summed E-state index contributed by atoms with van der Waals surface area (Å²) in [5.41, 5.74) is 2.39. The summed E-state index contributed by atoms with van der Waals surface area (Å²) >= 11 is 0. The monoisotopic (exact) mass is 325 g/mol. The van der Waals surface area contributed by atoms with Gasteiger partial charge in [0.25, 0.3) is 0 Å². The highest BCUT2D eigenvalue weighted by Gasteiger charge is 2.19. The Kier molecular flexibility index (Phi) is 5.30. The highest BCUT2D eigenvalue weighted by Crippen LogP contribution is 2.18. The molecule has 1 aliphatic heterocycles. The molecule has 1 aliphatic rings. The van der Waals surface area contributed by atoms with Crippen LogP contribution in [0.5, 0.6) is 0 Å². The molecule has 0 bridgehead atoms. The Morgan fingerprint density at radius 1 is 1.04 bits per heavy atom. The predicted molar refractivity (Wildman–Crippen MR) is 99.5 cm³/mol. The minimum Gasteiger partial charge on any atom is -0.354 e. The first-order valence-corrected chi connectivity index (χ1v) is 8.73. The molecule has 1 aromatic carbocycles. The van der Waals surface area contributed by atoms with Crippen molar-refractivity contribution in [1.29, 1.82) is 0 Å². The Hall–Kier alpha value is -2.14. The minimum atomic E-state index is 0.336. The maximum absolute atomic E-state index is 4.69. The van der Waals surface area contributed by atoms with E-state index in [0.717, 1.165) is 50.2 Å². The van der Waals surface area contributed by atoms with E-state index >= 15 is 0 Å². The van der Waals surface area contributed by atoms with E-state index in [2.05, 4.69) is 70.3 Å². The zero-order valence-corrected chi connectivity index (χ0v) is 14.9. The summed E-state index contributed by atoms with van der Waals surface area (Å²) in [5, 5.41) is 3.31. The van der Waals surface area contributed by atoms with Crippen molar-refractivity contribution in [2.75, 3.05) is 36.4 Å². The van der Waals surface area contributed by atoms with E-state index in [0.29, 0.717) is 6.04 Å². The van der Waals surface area contributed by atoms with Crippen molar-refractivity contribution in [3.8, 4) is 0 Å². The van der Waals surface area contributed by atoms with Gasteiger partial charge in [-0.05, 0) is 26.3 Å². The molecule has 0 amide bonds. The smallest absolute Gasteiger partial charge is 0.225 e. The van der Waals surface area contributed by atoms with E-state index in [-0.39, 0.29) is 0 Å². The van der Waals surface area contributed by atoms with Crippen LogP contribution in [0.25, 0.3) is 0 Å². The van der Waals surface area contributed by atoms with Crippen LogP contribution in [0.1, 0.15) is 25.1 Å². The first kappa shape index (κ1) is 16.7. The third-order valence-electron chi connectivity index (χ3n) is 4.20. The van der Waals surface area contributed by atoms with Gasteiger partial charge in [0.05, 0.1) is 0 Å². The number of hydrogen-bond donors (Lipinski definition) is 1. The van der Waals surface area contributed by atoms with Gasteiger partial charge in [0.2, 0.25) is 5.95 Å². The molecule has 3 rings (SSSR count). The van der Waals surface area contributed by atoms with E-state index < -0.39 is 0 Å². The van der Waals surface area contributed by atoms with E-state index in [1.165, 1.54) is 5.56 Å². The Bertz CT molecular complexity index is 648. The summed E-state index contributed by atoms with van der Waals surface area (Å²) < 4.78 is 0. The van der Waals surface area contributed by atoms with Crippen molar-refractivity contribution in [3.05, 3.63) is 47.7 Å². The highest BCUT2D eigenvalue weighted by atomic mass is 15.3. The van der Waals surface area contributed by atoms with Crippen LogP contribution in [0.2, 0.25) is 0 Å². The number of benzene rings is 1. The molecule has 2 aromatic rings. The number of aromatic nitrogens is 2. The van der Waals surface area contributed by atoms with E-state index in [1.54, 1.807) is 0 Å². The van der Waals surface area contributed by atoms with Gasteiger partial charge in [-0.3, -0.25) is 4.90 Å². The van der Waals surface area contributed by atoms with Crippen LogP contribution in [-0.4, -0.2) is 47.1 Å². The number of hydrogen-bond acceptors (Lipinski definition) is 5. The second kappa shape index (κ2) is 7.62. The number of nitrogens with zero attached hydrogens (tertiary/aromatic N) is 4. The van der Waals surface area contributed by atoms with Crippen LogP contribution in [0.4, 0.5) is 11.8 Å². The molecule has 0 saturated carbocycles. The number of piperazine rings is 1. The Morgan fingerprint density at radius 2 is 1.75 bits per heavy atom. The molecule has 0 radical (unpaired) electrons. The molecule has 1 saturated heterocycles. The SMILES string of the molecule is Cc1cc(N2CCN(Cc3ccccc3)CC2)nc(NC(C)C)n1.